The molecule has 0 bridgehead atoms. The van der Waals surface area contributed by atoms with Gasteiger partial charge in [-0.05, 0) is 43.9 Å². The number of oxime groups is 1. The van der Waals surface area contributed by atoms with Gasteiger partial charge in [0.15, 0.2) is 5.84 Å². The number of carbonyl (C=O) groups excluding carboxylic acids is 1. The van der Waals surface area contributed by atoms with Crippen LogP contribution in [0.25, 0.3) is 0 Å². The highest BCUT2D eigenvalue weighted by molar-refractivity contribution is 6.06. The largest absolute Gasteiger partial charge is 0.409 e. The highest BCUT2D eigenvalue weighted by Gasteiger charge is 2.45. The summed E-state index contributed by atoms with van der Waals surface area (Å²) in [6, 6.07) is 0.180. The van der Waals surface area contributed by atoms with Crippen LogP contribution in [0.5, 0.6) is 0 Å². The Labute approximate surface area is 126 Å². The van der Waals surface area contributed by atoms with Crippen LogP contribution >= 0.6 is 0 Å². The third-order valence-corrected chi connectivity index (χ3v) is 5.13. The highest BCUT2D eigenvalue weighted by Crippen LogP contribution is 2.33. The molecular formula is C15H27N3O3. The van der Waals surface area contributed by atoms with E-state index in [1.807, 2.05) is 0 Å². The molecule has 120 valence electrons. The van der Waals surface area contributed by atoms with Crippen LogP contribution in [0.15, 0.2) is 5.16 Å². The molecule has 4 N–H and O–H groups in total. The van der Waals surface area contributed by atoms with Crippen molar-refractivity contribution < 1.29 is 14.7 Å². The van der Waals surface area contributed by atoms with E-state index in [9.17, 15) is 4.79 Å². The molecule has 3 unspecified atom stereocenters. The smallest absolute Gasteiger partial charge is 0.234 e. The van der Waals surface area contributed by atoms with Crippen LogP contribution in [-0.4, -0.2) is 36.2 Å². The minimum Gasteiger partial charge on any atom is -0.409 e. The van der Waals surface area contributed by atoms with Crippen LogP contribution in [0.3, 0.4) is 0 Å². The van der Waals surface area contributed by atoms with Crippen LogP contribution in [-0.2, 0) is 9.53 Å². The van der Waals surface area contributed by atoms with E-state index >= 15 is 0 Å². The molecule has 1 aliphatic heterocycles. The van der Waals surface area contributed by atoms with Crippen LogP contribution in [0.4, 0.5) is 0 Å². The van der Waals surface area contributed by atoms with Gasteiger partial charge in [-0.1, -0.05) is 19.0 Å². The Morgan fingerprint density at radius 1 is 1.33 bits per heavy atom. The van der Waals surface area contributed by atoms with Gasteiger partial charge in [-0.3, -0.25) is 4.79 Å². The van der Waals surface area contributed by atoms with Gasteiger partial charge in [-0.25, -0.2) is 0 Å². The summed E-state index contributed by atoms with van der Waals surface area (Å²) in [5.74, 6) is 1.06. The number of ether oxygens (including phenoxy) is 1. The highest BCUT2D eigenvalue weighted by atomic mass is 16.5. The Morgan fingerprint density at radius 3 is 2.57 bits per heavy atom. The van der Waals surface area contributed by atoms with Gasteiger partial charge < -0.3 is 21.0 Å². The van der Waals surface area contributed by atoms with E-state index in [0.29, 0.717) is 37.9 Å². The molecule has 0 aromatic heterocycles. The first-order chi connectivity index (χ1) is 9.99. The Bertz CT molecular complexity index is 405. The molecule has 2 aliphatic rings. The molecule has 0 aromatic carbocycles. The van der Waals surface area contributed by atoms with Crippen molar-refractivity contribution in [3.05, 3.63) is 0 Å². The third-order valence-electron chi connectivity index (χ3n) is 5.13. The minimum absolute atomic E-state index is 0.000121. The van der Waals surface area contributed by atoms with Crippen molar-refractivity contribution in [2.24, 2.45) is 28.1 Å². The van der Waals surface area contributed by atoms with Crippen molar-refractivity contribution in [1.82, 2.24) is 5.32 Å². The van der Waals surface area contributed by atoms with E-state index in [0.717, 1.165) is 19.3 Å². The maximum absolute atomic E-state index is 12.8. The number of carbonyl (C=O) groups is 1. The molecule has 1 saturated heterocycles. The average molecular weight is 297 g/mol. The summed E-state index contributed by atoms with van der Waals surface area (Å²) < 4.78 is 5.32. The lowest BCUT2D eigenvalue weighted by Crippen LogP contribution is -2.56. The Morgan fingerprint density at radius 2 is 2.00 bits per heavy atom. The Kier molecular flexibility index (Phi) is 5.08. The van der Waals surface area contributed by atoms with Gasteiger partial charge in [0, 0.05) is 19.3 Å². The number of amidine groups is 1. The molecule has 1 amide bonds. The predicted molar refractivity (Wildman–Crippen MR) is 80.0 cm³/mol. The zero-order chi connectivity index (χ0) is 15.5. The second-order valence-electron chi connectivity index (χ2n) is 6.66. The quantitative estimate of drug-likeness (QED) is 0.318. The van der Waals surface area contributed by atoms with E-state index < -0.39 is 5.41 Å². The molecule has 0 aromatic rings. The molecule has 1 heterocycles. The molecule has 21 heavy (non-hydrogen) atoms. The summed E-state index contributed by atoms with van der Waals surface area (Å²) >= 11 is 0. The van der Waals surface area contributed by atoms with Crippen molar-refractivity contribution in [3.8, 4) is 0 Å². The molecule has 2 rings (SSSR count). The van der Waals surface area contributed by atoms with Gasteiger partial charge in [0.2, 0.25) is 5.91 Å². The van der Waals surface area contributed by atoms with E-state index in [4.69, 9.17) is 15.7 Å². The molecule has 1 saturated carbocycles. The molecule has 6 heteroatoms. The van der Waals surface area contributed by atoms with Crippen LogP contribution in [0.1, 0.15) is 46.0 Å². The van der Waals surface area contributed by atoms with Gasteiger partial charge in [0.05, 0.1) is 0 Å². The summed E-state index contributed by atoms with van der Waals surface area (Å²) in [7, 11) is 0. The molecular weight excluding hydrogens is 270 g/mol. The average Bonchev–Trinajstić information content (AvgIpc) is 2.49. The predicted octanol–water partition coefficient (Wildman–Crippen LogP) is 1.47. The van der Waals surface area contributed by atoms with Gasteiger partial charge in [0.25, 0.3) is 0 Å². The van der Waals surface area contributed by atoms with Gasteiger partial charge in [0.1, 0.15) is 5.41 Å². The van der Waals surface area contributed by atoms with E-state index in [2.05, 4.69) is 24.3 Å². The monoisotopic (exact) mass is 297 g/mol. The number of hydrogen-bond acceptors (Lipinski definition) is 4. The first kappa shape index (κ1) is 16.1. The number of nitrogens with one attached hydrogen (secondary N) is 1. The zero-order valence-corrected chi connectivity index (χ0v) is 13.0. The second kappa shape index (κ2) is 6.64. The summed E-state index contributed by atoms with van der Waals surface area (Å²) in [6.45, 7) is 5.35. The number of nitrogens with zero attached hydrogens (tertiary/aromatic N) is 1. The molecule has 2 fully saturated rings. The number of hydrogen-bond donors (Lipinski definition) is 3. The summed E-state index contributed by atoms with van der Waals surface area (Å²) in [6.07, 6.45) is 4.19. The summed E-state index contributed by atoms with van der Waals surface area (Å²) in [4.78, 5) is 12.8. The number of nitrogens with two attached hydrogens (primary N) is 1. The Hall–Kier alpha value is -1.30. The first-order valence-corrected chi connectivity index (χ1v) is 7.86. The minimum atomic E-state index is -0.921. The van der Waals surface area contributed by atoms with Gasteiger partial charge >= 0.3 is 0 Å². The SMILES string of the molecule is CC1CCC(NC(=O)C2(C(N)=NO)CCOCC2)C(C)C1. The third kappa shape index (κ3) is 3.31. The molecule has 0 radical (unpaired) electrons. The fourth-order valence-corrected chi connectivity index (χ4v) is 3.60. The van der Waals surface area contributed by atoms with Crippen LogP contribution in [0.2, 0.25) is 0 Å². The molecule has 3 atom stereocenters. The standard InChI is InChI=1S/C15H27N3O3/c1-10-3-4-12(11(2)9-10)17-14(19)15(13(16)18-20)5-7-21-8-6-15/h10-12,20H,3-9H2,1-2H3,(H2,16,18)(H,17,19). The van der Waals surface area contributed by atoms with E-state index in [1.165, 1.54) is 0 Å². The van der Waals surface area contributed by atoms with Crippen molar-refractivity contribution in [2.75, 3.05) is 13.2 Å². The maximum atomic E-state index is 12.8. The summed E-state index contributed by atoms with van der Waals surface area (Å²) in [5, 5.41) is 15.3. The van der Waals surface area contributed by atoms with Crippen LogP contribution < -0.4 is 11.1 Å². The van der Waals surface area contributed by atoms with E-state index in [1.54, 1.807) is 0 Å². The van der Waals surface area contributed by atoms with Crippen molar-refractivity contribution in [2.45, 2.75) is 52.0 Å². The lowest BCUT2D eigenvalue weighted by atomic mass is 9.76. The first-order valence-electron chi connectivity index (χ1n) is 7.86. The van der Waals surface area contributed by atoms with Crippen molar-refractivity contribution in [3.63, 3.8) is 0 Å². The summed E-state index contributed by atoms with van der Waals surface area (Å²) in [5.41, 5.74) is 4.91. The van der Waals surface area contributed by atoms with Gasteiger partial charge in [-0.2, -0.15) is 0 Å². The molecule has 0 spiro atoms. The normalized spacial score (nSPS) is 33.4. The topological polar surface area (TPSA) is 96.9 Å². The lowest BCUT2D eigenvalue weighted by Gasteiger charge is -2.39. The second-order valence-corrected chi connectivity index (χ2v) is 6.66. The van der Waals surface area contributed by atoms with Crippen molar-refractivity contribution >= 4 is 11.7 Å². The number of rotatable bonds is 3. The zero-order valence-electron chi connectivity index (χ0n) is 13.0. The number of amides is 1. The lowest BCUT2D eigenvalue weighted by molar-refractivity contribution is -0.133. The van der Waals surface area contributed by atoms with E-state index in [-0.39, 0.29) is 17.8 Å². The maximum Gasteiger partial charge on any atom is 0.234 e. The fourth-order valence-electron chi connectivity index (χ4n) is 3.60. The molecule has 6 nitrogen and oxygen atoms in total. The van der Waals surface area contributed by atoms with Gasteiger partial charge in [-0.15, -0.1) is 0 Å². The fraction of sp³-hybridized carbons (Fsp3) is 0.867. The van der Waals surface area contributed by atoms with Crippen LogP contribution in [0, 0.1) is 17.3 Å². The van der Waals surface area contributed by atoms with Crippen molar-refractivity contribution in [1.29, 1.82) is 0 Å². The molecule has 1 aliphatic carbocycles. The Balaban J connectivity index is 2.08.